The number of halogens is 1. The second-order valence-corrected chi connectivity index (χ2v) is 10.8. The maximum absolute atomic E-state index is 14.4. The number of sulfonamides is 1. The summed E-state index contributed by atoms with van der Waals surface area (Å²) in [6, 6.07) is 9.82. The third-order valence-corrected chi connectivity index (χ3v) is 7.15. The third-order valence-electron chi connectivity index (χ3n) is 5.26. The Bertz CT molecular complexity index is 1290. The number of anilines is 1. The molecule has 2 aromatic carbocycles. The highest BCUT2D eigenvalue weighted by Crippen LogP contribution is 2.25. The molecular weight excluding hydrogens is 463 g/mol. The van der Waals surface area contributed by atoms with Crippen molar-refractivity contribution in [1.29, 1.82) is 0 Å². The van der Waals surface area contributed by atoms with Crippen LogP contribution >= 0.6 is 0 Å². The van der Waals surface area contributed by atoms with E-state index in [4.69, 9.17) is 9.26 Å². The highest BCUT2D eigenvalue weighted by molar-refractivity contribution is 7.89. The topological polar surface area (TPSA) is 115 Å². The summed E-state index contributed by atoms with van der Waals surface area (Å²) >= 11 is 0. The number of nitrogens with one attached hydrogen (secondary N) is 1. The minimum atomic E-state index is -3.87. The molecule has 0 radical (unpaired) electrons. The average Bonchev–Trinajstić information content (AvgIpc) is 3.31. The van der Waals surface area contributed by atoms with E-state index >= 15 is 0 Å². The number of aromatic nitrogens is 2. The number of hydrogen-bond donors (Lipinski definition) is 1. The molecule has 1 fully saturated rings. The van der Waals surface area contributed by atoms with Crippen molar-refractivity contribution in [2.24, 2.45) is 0 Å². The lowest BCUT2D eigenvalue weighted by atomic mass is 9.97. The first-order valence-corrected chi connectivity index (χ1v) is 12.1. The van der Waals surface area contributed by atoms with E-state index in [9.17, 15) is 17.6 Å². The van der Waals surface area contributed by atoms with E-state index < -0.39 is 21.7 Å². The van der Waals surface area contributed by atoms with Gasteiger partial charge in [0.1, 0.15) is 5.82 Å². The van der Waals surface area contributed by atoms with Gasteiger partial charge in [-0.25, -0.2) is 12.8 Å². The van der Waals surface area contributed by atoms with Crippen molar-refractivity contribution < 1.29 is 26.9 Å². The molecule has 180 valence electrons. The van der Waals surface area contributed by atoms with Crippen LogP contribution in [-0.2, 0) is 20.2 Å². The van der Waals surface area contributed by atoms with Crippen LogP contribution in [0, 0.1) is 5.82 Å². The molecule has 3 aromatic rings. The second-order valence-electron chi connectivity index (χ2n) is 8.86. The number of rotatable bonds is 5. The molecule has 34 heavy (non-hydrogen) atoms. The quantitative estimate of drug-likeness (QED) is 0.585. The number of carbonyl (C=O) groups is 1. The number of morpholine rings is 1. The van der Waals surface area contributed by atoms with Gasteiger partial charge in [0, 0.05) is 29.8 Å². The van der Waals surface area contributed by atoms with Crippen molar-refractivity contribution in [3.63, 3.8) is 0 Å². The van der Waals surface area contributed by atoms with Gasteiger partial charge in [0.15, 0.2) is 0 Å². The molecule has 0 atom stereocenters. The summed E-state index contributed by atoms with van der Waals surface area (Å²) in [5, 5.41) is 6.58. The summed E-state index contributed by atoms with van der Waals surface area (Å²) in [6.45, 7) is 6.85. The van der Waals surface area contributed by atoms with Crippen molar-refractivity contribution in [2.45, 2.75) is 31.1 Å². The summed E-state index contributed by atoms with van der Waals surface area (Å²) in [4.78, 5) is 17.0. The van der Waals surface area contributed by atoms with Gasteiger partial charge in [-0.05, 0) is 42.5 Å². The predicted octanol–water partition coefficient (Wildman–Crippen LogP) is 3.45. The van der Waals surface area contributed by atoms with E-state index in [1.165, 1.54) is 4.31 Å². The predicted molar refractivity (Wildman–Crippen MR) is 122 cm³/mol. The van der Waals surface area contributed by atoms with E-state index in [2.05, 4.69) is 15.5 Å². The Labute approximate surface area is 197 Å². The van der Waals surface area contributed by atoms with Gasteiger partial charge in [-0.1, -0.05) is 25.9 Å². The van der Waals surface area contributed by atoms with Crippen molar-refractivity contribution in [3.8, 4) is 11.4 Å². The van der Waals surface area contributed by atoms with Crippen LogP contribution in [0.15, 0.2) is 51.9 Å². The van der Waals surface area contributed by atoms with Crippen molar-refractivity contribution >= 4 is 21.6 Å². The summed E-state index contributed by atoms with van der Waals surface area (Å²) in [5.41, 5.74) is 0.426. The number of hydrogen-bond acceptors (Lipinski definition) is 7. The molecule has 4 rings (SSSR count). The molecule has 1 N–H and O–H groups in total. The fraction of sp³-hybridized carbons (Fsp3) is 0.348. The molecule has 9 nitrogen and oxygen atoms in total. The van der Waals surface area contributed by atoms with E-state index in [1.807, 2.05) is 20.8 Å². The zero-order chi connectivity index (χ0) is 24.5. The van der Waals surface area contributed by atoms with E-state index in [1.54, 1.807) is 24.3 Å². The molecule has 1 aromatic heterocycles. The lowest BCUT2D eigenvalue weighted by Gasteiger charge is -2.26. The van der Waals surface area contributed by atoms with Gasteiger partial charge in [0.05, 0.1) is 23.7 Å². The number of nitrogens with zero attached hydrogens (tertiary/aromatic N) is 3. The zero-order valence-corrected chi connectivity index (χ0v) is 19.9. The van der Waals surface area contributed by atoms with Crippen LogP contribution in [0.5, 0.6) is 0 Å². The highest BCUT2D eigenvalue weighted by atomic mass is 32.2. The molecule has 1 aliphatic heterocycles. The maximum atomic E-state index is 14.4. The number of amides is 1. The second kappa shape index (κ2) is 9.24. The minimum absolute atomic E-state index is 0.150. The average molecular weight is 489 g/mol. The Kier molecular flexibility index (Phi) is 6.52. The third kappa shape index (κ3) is 5.01. The minimum Gasteiger partial charge on any atom is -0.379 e. The number of carbonyl (C=O) groups excluding carboxylic acids is 1. The van der Waals surface area contributed by atoms with Crippen LogP contribution in [0.1, 0.15) is 37.0 Å². The van der Waals surface area contributed by atoms with Crippen LogP contribution in [-0.4, -0.2) is 55.1 Å². The van der Waals surface area contributed by atoms with Gasteiger partial charge in [-0.2, -0.15) is 9.29 Å². The van der Waals surface area contributed by atoms with Gasteiger partial charge >= 0.3 is 0 Å². The van der Waals surface area contributed by atoms with E-state index in [0.717, 1.165) is 18.2 Å². The molecule has 0 unspecified atom stereocenters. The lowest BCUT2D eigenvalue weighted by Crippen LogP contribution is -2.40. The number of benzene rings is 2. The highest BCUT2D eigenvalue weighted by Gasteiger charge is 2.28. The summed E-state index contributed by atoms with van der Waals surface area (Å²) < 4.78 is 51.9. The van der Waals surface area contributed by atoms with Crippen LogP contribution in [0.3, 0.4) is 0 Å². The van der Waals surface area contributed by atoms with E-state index in [-0.39, 0.29) is 42.2 Å². The van der Waals surface area contributed by atoms with Crippen LogP contribution < -0.4 is 5.32 Å². The zero-order valence-electron chi connectivity index (χ0n) is 19.0. The molecular formula is C23H25FN4O5S. The molecule has 1 amide bonds. The van der Waals surface area contributed by atoms with Gasteiger partial charge in [-0.15, -0.1) is 0 Å². The SMILES string of the molecule is CC(C)(C)c1nc(-c2ccc(NC(=O)c3cc(S(=O)(=O)N4CCOCC4)ccc3F)cc2)no1. The fourth-order valence-electron chi connectivity index (χ4n) is 3.32. The Hall–Kier alpha value is -3.15. The van der Waals surface area contributed by atoms with Crippen molar-refractivity contribution in [2.75, 3.05) is 31.6 Å². The smallest absolute Gasteiger partial charge is 0.258 e. The fourth-order valence-corrected chi connectivity index (χ4v) is 4.76. The lowest BCUT2D eigenvalue weighted by molar-refractivity contribution is 0.0730. The Morgan fingerprint density at radius 3 is 2.38 bits per heavy atom. The Balaban J connectivity index is 1.51. The number of ether oxygens (including phenoxy) is 1. The van der Waals surface area contributed by atoms with Gasteiger partial charge in [-0.3, -0.25) is 4.79 Å². The first-order chi connectivity index (χ1) is 16.1. The molecule has 2 heterocycles. The maximum Gasteiger partial charge on any atom is 0.258 e. The van der Waals surface area contributed by atoms with Crippen molar-refractivity contribution in [1.82, 2.24) is 14.4 Å². The first kappa shape index (κ1) is 24.0. The molecule has 1 saturated heterocycles. The molecule has 11 heteroatoms. The monoisotopic (exact) mass is 488 g/mol. The summed E-state index contributed by atoms with van der Waals surface area (Å²) in [6.07, 6.45) is 0. The molecule has 0 bridgehead atoms. The van der Waals surface area contributed by atoms with Gasteiger partial charge in [0.25, 0.3) is 5.91 Å². The van der Waals surface area contributed by atoms with Gasteiger partial charge in [0.2, 0.25) is 21.7 Å². The van der Waals surface area contributed by atoms with Crippen LogP contribution in [0.25, 0.3) is 11.4 Å². The van der Waals surface area contributed by atoms with E-state index in [0.29, 0.717) is 23.0 Å². The Morgan fingerprint density at radius 1 is 1.09 bits per heavy atom. The van der Waals surface area contributed by atoms with Crippen molar-refractivity contribution in [3.05, 3.63) is 59.7 Å². The molecule has 0 spiro atoms. The first-order valence-electron chi connectivity index (χ1n) is 10.7. The molecule has 1 aliphatic rings. The molecule has 0 saturated carbocycles. The summed E-state index contributed by atoms with van der Waals surface area (Å²) in [7, 11) is -3.87. The standard InChI is InChI=1S/C23H25FN4O5S/c1-23(2,3)22-26-20(27-33-22)15-4-6-16(7-5-15)25-21(29)18-14-17(8-9-19(18)24)34(30,31)28-10-12-32-13-11-28/h4-9,14H,10-13H2,1-3H3,(H,25,29). The Morgan fingerprint density at radius 2 is 1.76 bits per heavy atom. The normalized spacial score (nSPS) is 15.3. The van der Waals surface area contributed by atoms with Gasteiger partial charge < -0.3 is 14.6 Å². The largest absolute Gasteiger partial charge is 0.379 e. The van der Waals surface area contributed by atoms with Crippen LogP contribution in [0.4, 0.5) is 10.1 Å². The molecule has 0 aliphatic carbocycles. The van der Waals surface area contributed by atoms with Crippen LogP contribution in [0.2, 0.25) is 0 Å². The summed E-state index contributed by atoms with van der Waals surface area (Å²) in [5.74, 6) is -0.674.